The molecule has 4 heteroatoms. The third-order valence-corrected chi connectivity index (χ3v) is 2.08. The van der Waals surface area contributed by atoms with Gasteiger partial charge in [0.15, 0.2) is 0 Å². The molecular formula is C11H20N4. The van der Waals surface area contributed by atoms with Gasteiger partial charge in [-0.3, -0.25) is 0 Å². The molecule has 0 aromatic carbocycles. The number of nitrogens with one attached hydrogen (secondary N) is 2. The molecule has 0 fully saturated rings. The highest BCUT2D eigenvalue weighted by Crippen LogP contribution is 2.19. The van der Waals surface area contributed by atoms with Crippen LogP contribution in [0.4, 0.5) is 5.95 Å². The molecule has 0 amide bonds. The quantitative estimate of drug-likeness (QED) is 0.734. The van der Waals surface area contributed by atoms with Crippen LogP contribution < -0.4 is 10.6 Å². The number of aromatic nitrogens is 2. The molecule has 0 saturated carbocycles. The molecule has 1 heterocycles. The minimum atomic E-state index is 0.0718. The molecule has 15 heavy (non-hydrogen) atoms. The van der Waals surface area contributed by atoms with Crippen molar-refractivity contribution in [2.24, 2.45) is 0 Å². The van der Waals surface area contributed by atoms with Gasteiger partial charge in [-0.2, -0.15) is 0 Å². The second-order valence-corrected chi connectivity index (χ2v) is 4.55. The Bertz CT molecular complexity index is 304. The van der Waals surface area contributed by atoms with E-state index in [4.69, 9.17) is 0 Å². The molecule has 4 nitrogen and oxygen atoms in total. The van der Waals surface area contributed by atoms with Crippen LogP contribution in [0.1, 0.15) is 26.5 Å². The third-order valence-electron chi connectivity index (χ3n) is 2.08. The fourth-order valence-electron chi connectivity index (χ4n) is 1.16. The maximum atomic E-state index is 4.47. The Balaban J connectivity index is 2.66. The largest absolute Gasteiger partial charge is 0.353 e. The average Bonchev–Trinajstić information content (AvgIpc) is 2.17. The van der Waals surface area contributed by atoms with E-state index in [0.29, 0.717) is 5.95 Å². The van der Waals surface area contributed by atoms with Crippen LogP contribution >= 0.6 is 0 Å². The molecule has 1 rings (SSSR count). The van der Waals surface area contributed by atoms with E-state index in [9.17, 15) is 0 Å². The summed E-state index contributed by atoms with van der Waals surface area (Å²) in [5.74, 6) is 0.706. The lowest BCUT2D eigenvalue weighted by atomic mass is 9.92. The third kappa shape index (κ3) is 3.83. The maximum absolute atomic E-state index is 4.47. The zero-order valence-corrected chi connectivity index (χ0v) is 9.96. The van der Waals surface area contributed by atoms with Crippen molar-refractivity contribution >= 4 is 5.95 Å². The van der Waals surface area contributed by atoms with Gasteiger partial charge in [0.25, 0.3) is 0 Å². The summed E-state index contributed by atoms with van der Waals surface area (Å²) in [4.78, 5) is 8.64. The zero-order chi connectivity index (χ0) is 11.3. The van der Waals surface area contributed by atoms with Gasteiger partial charge >= 0.3 is 0 Å². The first-order chi connectivity index (χ1) is 7.04. The molecule has 0 aliphatic rings. The van der Waals surface area contributed by atoms with Gasteiger partial charge in [0, 0.05) is 24.7 Å². The zero-order valence-electron chi connectivity index (χ0n) is 9.96. The van der Waals surface area contributed by atoms with Crippen LogP contribution in [-0.2, 0) is 5.41 Å². The van der Waals surface area contributed by atoms with Crippen LogP contribution in [-0.4, -0.2) is 30.1 Å². The van der Waals surface area contributed by atoms with E-state index >= 15 is 0 Å². The first-order valence-corrected chi connectivity index (χ1v) is 5.26. The Morgan fingerprint density at radius 1 is 1.27 bits per heavy atom. The lowest BCUT2D eigenvalue weighted by molar-refractivity contribution is 0.567. The maximum Gasteiger partial charge on any atom is 0.222 e. The first kappa shape index (κ1) is 11.9. The molecule has 0 radical (unpaired) electrons. The van der Waals surface area contributed by atoms with E-state index in [1.54, 1.807) is 6.20 Å². The molecule has 0 unspecified atom stereocenters. The number of rotatable bonds is 4. The normalized spacial score (nSPS) is 11.5. The monoisotopic (exact) mass is 208 g/mol. The van der Waals surface area contributed by atoms with E-state index in [-0.39, 0.29) is 5.41 Å². The van der Waals surface area contributed by atoms with E-state index in [1.165, 1.54) is 0 Å². The SMILES string of the molecule is CNCCNc1nccc(C(C)(C)C)n1. The summed E-state index contributed by atoms with van der Waals surface area (Å²) in [6.45, 7) is 8.18. The minimum Gasteiger partial charge on any atom is -0.353 e. The van der Waals surface area contributed by atoms with E-state index < -0.39 is 0 Å². The highest BCUT2D eigenvalue weighted by Gasteiger charge is 2.15. The molecule has 84 valence electrons. The summed E-state index contributed by atoms with van der Waals surface area (Å²) < 4.78 is 0. The van der Waals surface area contributed by atoms with Crippen molar-refractivity contribution in [1.82, 2.24) is 15.3 Å². The van der Waals surface area contributed by atoms with Crippen molar-refractivity contribution in [2.45, 2.75) is 26.2 Å². The molecule has 0 saturated heterocycles. The number of anilines is 1. The standard InChI is InChI=1S/C11H20N4/c1-11(2,3)9-5-6-13-10(15-9)14-8-7-12-4/h5-6,12H,7-8H2,1-4H3,(H,13,14,15). The first-order valence-electron chi connectivity index (χ1n) is 5.26. The molecule has 1 aromatic heterocycles. The molecule has 0 atom stereocenters. The fraction of sp³-hybridized carbons (Fsp3) is 0.636. The molecule has 0 aliphatic heterocycles. The van der Waals surface area contributed by atoms with Crippen LogP contribution in [0.15, 0.2) is 12.3 Å². The Hall–Kier alpha value is -1.16. The Labute approximate surface area is 91.5 Å². The number of hydrogen-bond donors (Lipinski definition) is 2. The van der Waals surface area contributed by atoms with Gasteiger partial charge in [-0.1, -0.05) is 20.8 Å². The van der Waals surface area contributed by atoms with Crippen LogP contribution in [0.25, 0.3) is 0 Å². The molecule has 1 aromatic rings. The Morgan fingerprint density at radius 2 is 2.00 bits per heavy atom. The lowest BCUT2D eigenvalue weighted by Crippen LogP contribution is -2.20. The van der Waals surface area contributed by atoms with E-state index in [2.05, 4.69) is 41.4 Å². The number of hydrogen-bond acceptors (Lipinski definition) is 4. The van der Waals surface area contributed by atoms with Crippen molar-refractivity contribution < 1.29 is 0 Å². The van der Waals surface area contributed by atoms with Gasteiger partial charge in [-0.25, -0.2) is 9.97 Å². The predicted octanol–water partition coefficient (Wildman–Crippen LogP) is 1.41. The summed E-state index contributed by atoms with van der Waals surface area (Å²) in [6, 6.07) is 1.96. The van der Waals surface area contributed by atoms with Gasteiger partial charge in [0.2, 0.25) is 5.95 Å². The van der Waals surface area contributed by atoms with Crippen LogP contribution in [0.2, 0.25) is 0 Å². The molecule has 2 N–H and O–H groups in total. The van der Waals surface area contributed by atoms with E-state index in [1.807, 2.05) is 13.1 Å². The van der Waals surface area contributed by atoms with Crippen molar-refractivity contribution in [1.29, 1.82) is 0 Å². The molecule has 0 spiro atoms. The summed E-state index contributed by atoms with van der Waals surface area (Å²) in [5.41, 5.74) is 1.13. The second-order valence-electron chi connectivity index (χ2n) is 4.55. The van der Waals surface area contributed by atoms with Crippen LogP contribution in [0.5, 0.6) is 0 Å². The molecule has 0 bridgehead atoms. The Kier molecular flexibility index (Phi) is 4.03. The van der Waals surface area contributed by atoms with Crippen LogP contribution in [0.3, 0.4) is 0 Å². The van der Waals surface area contributed by atoms with Crippen LogP contribution in [0, 0.1) is 0 Å². The van der Waals surface area contributed by atoms with Crippen molar-refractivity contribution in [3.63, 3.8) is 0 Å². The van der Waals surface area contributed by atoms with Gasteiger partial charge < -0.3 is 10.6 Å². The summed E-state index contributed by atoms with van der Waals surface area (Å²) >= 11 is 0. The van der Waals surface area contributed by atoms with Gasteiger partial charge in [-0.15, -0.1) is 0 Å². The predicted molar refractivity (Wildman–Crippen MR) is 63.1 cm³/mol. The van der Waals surface area contributed by atoms with Crippen molar-refractivity contribution in [3.05, 3.63) is 18.0 Å². The summed E-state index contributed by atoms with van der Waals surface area (Å²) in [5, 5.41) is 6.24. The minimum absolute atomic E-state index is 0.0718. The topological polar surface area (TPSA) is 49.8 Å². The van der Waals surface area contributed by atoms with Gasteiger partial charge in [0.1, 0.15) is 0 Å². The summed E-state index contributed by atoms with van der Waals surface area (Å²) in [6.07, 6.45) is 1.80. The second kappa shape index (κ2) is 5.07. The lowest BCUT2D eigenvalue weighted by Gasteiger charge is -2.17. The molecule has 0 aliphatic carbocycles. The van der Waals surface area contributed by atoms with Gasteiger partial charge in [-0.05, 0) is 13.1 Å². The smallest absolute Gasteiger partial charge is 0.222 e. The Morgan fingerprint density at radius 3 is 2.60 bits per heavy atom. The molecular weight excluding hydrogens is 188 g/mol. The van der Waals surface area contributed by atoms with Crippen molar-refractivity contribution in [2.75, 3.05) is 25.5 Å². The number of nitrogens with zero attached hydrogens (tertiary/aromatic N) is 2. The fourth-order valence-corrected chi connectivity index (χ4v) is 1.16. The highest BCUT2D eigenvalue weighted by atomic mass is 15.1. The van der Waals surface area contributed by atoms with E-state index in [0.717, 1.165) is 18.8 Å². The highest BCUT2D eigenvalue weighted by molar-refractivity contribution is 5.27. The van der Waals surface area contributed by atoms with Crippen molar-refractivity contribution in [3.8, 4) is 0 Å². The van der Waals surface area contributed by atoms with Gasteiger partial charge in [0.05, 0.1) is 5.69 Å². The number of likely N-dealkylation sites (N-methyl/N-ethyl adjacent to an activating group) is 1. The average molecular weight is 208 g/mol. The summed E-state index contributed by atoms with van der Waals surface area (Å²) in [7, 11) is 1.92.